The summed E-state index contributed by atoms with van der Waals surface area (Å²) < 4.78 is 5.75. The Balaban J connectivity index is 1.73. The molecule has 0 saturated carbocycles. The van der Waals surface area contributed by atoms with E-state index in [0.29, 0.717) is 0 Å². The molecule has 0 spiro atoms. The summed E-state index contributed by atoms with van der Waals surface area (Å²) in [5.41, 5.74) is 4.21. The van der Waals surface area contributed by atoms with Crippen LogP contribution in [0.1, 0.15) is 24.6 Å². The van der Waals surface area contributed by atoms with Gasteiger partial charge >= 0.3 is 0 Å². The van der Waals surface area contributed by atoms with Crippen LogP contribution in [-0.4, -0.2) is 21.6 Å². The van der Waals surface area contributed by atoms with Crippen LogP contribution in [0, 0.1) is 6.92 Å². The van der Waals surface area contributed by atoms with E-state index in [1.165, 1.54) is 0 Å². The van der Waals surface area contributed by atoms with Crippen LogP contribution in [-0.2, 0) is 5.75 Å². The first kappa shape index (κ1) is 14.9. The Morgan fingerprint density at radius 2 is 2.09 bits per heavy atom. The maximum atomic E-state index is 5.75. The number of nitrogens with one attached hydrogen (secondary N) is 1. The zero-order valence-corrected chi connectivity index (χ0v) is 13.6. The van der Waals surface area contributed by atoms with Gasteiger partial charge in [-0.15, -0.1) is 0 Å². The van der Waals surface area contributed by atoms with Gasteiger partial charge in [0.05, 0.1) is 23.3 Å². The molecule has 0 bridgehead atoms. The molecule has 1 N–H and O–H groups in total. The van der Waals surface area contributed by atoms with Gasteiger partial charge in [0.1, 0.15) is 5.75 Å². The van der Waals surface area contributed by atoms with E-state index in [1.807, 2.05) is 36.5 Å². The van der Waals surface area contributed by atoms with E-state index >= 15 is 0 Å². The lowest BCUT2D eigenvalue weighted by Gasteiger charge is -2.10. The molecule has 0 radical (unpaired) electrons. The number of pyridine rings is 1. The summed E-state index contributed by atoms with van der Waals surface area (Å²) in [5.74, 6) is 1.70. The molecular weight excluding hydrogens is 294 g/mol. The molecule has 2 aromatic heterocycles. The first-order valence-electron chi connectivity index (χ1n) is 7.42. The number of aromatic nitrogens is 3. The number of para-hydroxylation sites is 2. The van der Waals surface area contributed by atoms with E-state index in [-0.39, 0.29) is 0 Å². The van der Waals surface area contributed by atoms with Crippen LogP contribution in [0.25, 0.3) is 11.0 Å². The van der Waals surface area contributed by atoms with Crippen molar-refractivity contribution in [1.29, 1.82) is 0 Å². The lowest BCUT2D eigenvalue weighted by atomic mass is 10.2. The Kier molecular flexibility index (Phi) is 4.63. The van der Waals surface area contributed by atoms with E-state index in [1.54, 1.807) is 11.8 Å². The number of H-pyrrole nitrogens is 1. The molecule has 3 aromatic rings. The van der Waals surface area contributed by atoms with Crippen LogP contribution in [0.5, 0.6) is 5.75 Å². The zero-order valence-electron chi connectivity index (χ0n) is 12.8. The summed E-state index contributed by atoms with van der Waals surface area (Å²) in [6.45, 7) is 4.91. The lowest BCUT2D eigenvalue weighted by Crippen LogP contribution is -2.00. The molecule has 0 atom stereocenters. The molecule has 0 unspecified atom stereocenters. The standard InChI is InChI=1S/C17H19N3OS/c1-3-10-21-16-8-9-18-15(12(16)2)11-22-17-19-13-6-4-5-7-14(13)20-17/h4-9H,3,10-11H2,1-2H3,(H,19,20). The molecule has 0 aliphatic heterocycles. The molecular formula is C17H19N3OS. The SMILES string of the molecule is CCCOc1ccnc(CSc2nc3ccccc3[nH]2)c1C. The molecule has 4 nitrogen and oxygen atoms in total. The summed E-state index contributed by atoms with van der Waals surface area (Å²) in [6.07, 6.45) is 2.82. The molecule has 114 valence electrons. The topological polar surface area (TPSA) is 50.8 Å². The average molecular weight is 313 g/mol. The molecule has 2 heterocycles. The summed E-state index contributed by atoms with van der Waals surface area (Å²) in [4.78, 5) is 12.4. The number of hydrogen-bond acceptors (Lipinski definition) is 4. The van der Waals surface area contributed by atoms with Crippen molar-refractivity contribution in [1.82, 2.24) is 15.0 Å². The van der Waals surface area contributed by atoms with E-state index in [2.05, 4.69) is 28.8 Å². The van der Waals surface area contributed by atoms with Crippen LogP contribution >= 0.6 is 11.8 Å². The van der Waals surface area contributed by atoms with E-state index in [0.717, 1.165) is 52.0 Å². The number of benzene rings is 1. The average Bonchev–Trinajstić information content (AvgIpc) is 2.95. The van der Waals surface area contributed by atoms with Crippen molar-refractivity contribution >= 4 is 22.8 Å². The van der Waals surface area contributed by atoms with E-state index < -0.39 is 0 Å². The molecule has 0 amide bonds. The molecule has 0 aliphatic carbocycles. The van der Waals surface area contributed by atoms with E-state index in [9.17, 15) is 0 Å². The third-order valence-electron chi connectivity index (χ3n) is 3.43. The monoisotopic (exact) mass is 313 g/mol. The van der Waals surface area contributed by atoms with Crippen molar-refractivity contribution in [3.05, 3.63) is 47.8 Å². The Morgan fingerprint density at radius 1 is 1.23 bits per heavy atom. The maximum absolute atomic E-state index is 5.75. The minimum Gasteiger partial charge on any atom is -0.493 e. The van der Waals surface area contributed by atoms with Gasteiger partial charge in [0.25, 0.3) is 0 Å². The van der Waals surface area contributed by atoms with E-state index in [4.69, 9.17) is 4.74 Å². The number of nitrogens with zero attached hydrogens (tertiary/aromatic N) is 2. The highest BCUT2D eigenvalue weighted by atomic mass is 32.2. The molecule has 5 heteroatoms. The van der Waals surface area contributed by atoms with Gasteiger partial charge in [-0.25, -0.2) is 4.98 Å². The van der Waals surface area contributed by atoms with Gasteiger partial charge in [0, 0.05) is 17.5 Å². The first-order valence-corrected chi connectivity index (χ1v) is 8.41. The fraction of sp³-hybridized carbons (Fsp3) is 0.294. The Hall–Kier alpha value is -2.01. The Morgan fingerprint density at radius 3 is 2.91 bits per heavy atom. The quantitative estimate of drug-likeness (QED) is 0.687. The predicted molar refractivity (Wildman–Crippen MR) is 90.4 cm³/mol. The van der Waals surface area contributed by atoms with Gasteiger partial charge in [-0.05, 0) is 31.5 Å². The van der Waals surface area contributed by atoms with Crippen LogP contribution in [0.4, 0.5) is 0 Å². The number of fused-ring (bicyclic) bond motifs is 1. The highest BCUT2D eigenvalue weighted by Crippen LogP contribution is 2.26. The number of rotatable bonds is 6. The largest absolute Gasteiger partial charge is 0.493 e. The van der Waals surface area contributed by atoms with Crippen molar-refractivity contribution < 1.29 is 4.74 Å². The Labute approximate surface area is 134 Å². The lowest BCUT2D eigenvalue weighted by molar-refractivity contribution is 0.314. The van der Waals surface area contributed by atoms with Gasteiger partial charge in [-0.1, -0.05) is 30.8 Å². The fourth-order valence-corrected chi connectivity index (χ4v) is 3.12. The minimum atomic E-state index is 0.737. The fourth-order valence-electron chi connectivity index (χ4n) is 2.21. The van der Waals surface area contributed by atoms with Crippen LogP contribution in [0.3, 0.4) is 0 Å². The van der Waals surface area contributed by atoms with Crippen molar-refractivity contribution in [2.45, 2.75) is 31.2 Å². The summed E-state index contributed by atoms with van der Waals surface area (Å²) in [6, 6.07) is 9.99. The number of hydrogen-bond donors (Lipinski definition) is 1. The predicted octanol–water partition coefficient (Wildman–Crippen LogP) is 4.35. The molecule has 0 aliphatic rings. The Bertz CT molecular complexity index is 736. The number of thioether (sulfide) groups is 1. The summed E-state index contributed by atoms with van der Waals surface area (Å²) >= 11 is 1.66. The van der Waals surface area contributed by atoms with Crippen molar-refractivity contribution in [3.8, 4) is 5.75 Å². The van der Waals surface area contributed by atoms with Gasteiger partial charge in [-0.2, -0.15) is 0 Å². The second-order valence-electron chi connectivity index (χ2n) is 5.08. The van der Waals surface area contributed by atoms with Crippen molar-refractivity contribution in [2.24, 2.45) is 0 Å². The van der Waals surface area contributed by atoms with Crippen LogP contribution in [0.2, 0.25) is 0 Å². The minimum absolute atomic E-state index is 0.737. The third-order valence-corrected chi connectivity index (χ3v) is 4.32. The third kappa shape index (κ3) is 3.25. The van der Waals surface area contributed by atoms with Crippen molar-refractivity contribution in [3.63, 3.8) is 0 Å². The second-order valence-corrected chi connectivity index (χ2v) is 6.04. The van der Waals surface area contributed by atoms with Crippen molar-refractivity contribution in [2.75, 3.05) is 6.61 Å². The second kappa shape index (κ2) is 6.83. The van der Waals surface area contributed by atoms with Crippen LogP contribution in [0.15, 0.2) is 41.7 Å². The zero-order chi connectivity index (χ0) is 15.4. The normalized spacial score (nSPS) is 11.0. The molecule has 22 heavy (non-hydrogen) atoms. The number of aromatic amines is 1. The van der Waals surface area contributed by atoms with Gasteiger partial charge in [-0.3, -0.25) is 4.98 Å². The molecule has 3 rings (SSSR count). The molecule has 1 aromatic carbocycles. The summed E-state index contributed by atoms with van der Waals surface area (Å²) in [7, 11) is 0. The van der Waals surface area contributed by atoms with Gasteiger partial charge < -0.3 is 9.72 Å². The highest BCUT2D eigenvalue weighted by Gasteiger charge is 2.09. The van der Waals surface area contributed by atoms with Gasteiger partial charge in [0.15, 0.2) is 5.16 Å². The smallest absolute Gasteiger partial charge is 0.166 e. The highest BCUT2D eigenvalue weighted by molar-refractivity contribution is 7.98. The first-order chi connectivity index (χ1) is 10.8. The number of imidazole rings is 1. The number of ether oxygens (including phenoxy) is 1. The van der Waals surface area contributed by atoms with Crippen LogP contribution < -0.4 is 4.74 Å². The maximum Gasteiger partial charge on any atom is 0.166 e. The van der Waals surface area contributed by atoms with Gasteiger partial charge in [0.2, 0.25) is 0 Å². The molecule has 0 saturated heterocycles. The molecule has 0 fully saturated rings. The summed E-state index contributed by atoms with van der Waals surface area (Å²) in [5, 5.41) is 0.919.